The van der Waals surface area contributed by atoms with E-state index < -0.39 is 10.0 Å². The van der Waals surface area contributed by atoms with Crippen molar-refractivity contribution in [3.63, 3.8) is 0 Å². The molecule has 20 heavy (non-hydrogen) atoms. The van der Waals surface area contributed by atoms with Gasteiger partial charge in [-0.25, -0.2) is 13.1 Å². The lowest BCUT2D eigenvalue weighted by atomic mass is 10.2. The smallest absolute Gasteiger partial charge is 0.240 e. The van der Waals surface area contributed by atoms with Gasteiger partial charge >= 0.3 is 0 Å². The summed E-state index contributed by atoms with van der Waals surface area (Å²) in [5, 5.41) is 3.16. The van der Waals surface area contributed by atoms with Crippen LogP contribution < -0.4 is 14.8 Å². The van der Waals surface area contributed by atoms with Crippen LogP contribution in [0.5, 0.6) is 5.75 Å². The van der Waals surface area contributed by atoms with Crippen molar-refractivity contribution in [1.82, 2.24) is 10.0 Å². The maximum Gasteiger partial charge on any atom is 0.240 e. The quantitative estimate of drug-likeness (QED) is 0.816. The van der Waals surface area contributed by atoms with Gasteiger partial charge in [0.1, 0.15) is 5.75 Å². The van der Waals surface area contributed by atoms with E-state index >= 15 is 0 Å². The van der Waals surface area contributed by atoms with Crippen molar-refractivity contribution < 1.29 is 17.9 Å². The fourth-order valence-corrected chi connectivity index (χ4v) is 3.21. The van der Waals surface area contributed by atoms with Crippen molar-refractivity contribution in [2.24, 2.45) is 0 Å². The van der Waals surface area contributed by atoms with Crippen LogP contribution in [0.4, 0.5) is 0 Å². The summed E-state index contributed by atoms with van der Waals surface area (Å²) in [7, 11) is -1.96. The molecule has 2 rings (SSSR count). The minimum Gasteiger partial charge on any atom is -0.496 e. The fraction of sp³-hybridized carbons (Fsp3) is 0.538. The highest BCUT2D eigenvalue weighted by molar-refractivity contribution is 7.89. The zero-order chi connectivity index (χ0) is 14.6. The first-order chi connectivity index (χ1) is 9.53. The average molecular weight is 300 g/mol. The molecule has 0 saturated carbocycles. The second kappa shape index (κ2) is 6.53. The van der Waals surface area contributed by atoms with Crippen LogP contribution in [-0.2, 0) is 14.8 Å². The molecular weight excluding hydrogens is 280 g/mol. The Kier molecular flexibility index (Phi) is 4.98. The lowest BCUT2D eigenvalue weighted by Gasteiger charge is -2.23. The summed E-state index contributed by atoms with van der Waals surface area (Å²) in [6, 6.07) is 4.79. The van der Waals surface area contributed by atoms with Crippen LogP contribution in [0, 0.1) is 6.92 Å². The van der Waals surface area contributed by atoms with E-state index in [2.05, 4.69) is 10.0 Å². The summed E-state index contributed by atoms with van der Waals surface area (Å²) in [5.41, 5.74) is 0.783. The van der Waals surface area contributed by atoms with E-state index in [0.717, 1.165) is 12.1 Å². The molecule has 2 N–H and O–H groups in total. The van der Waals surface area contributed by atoms with E-state index in [9.17, 15) is 8.42 Å². The van der Waals surface area contributed by atoms with Crippen molar-refractivity contribution in [2.45, 2.75) is 17.9 Å². The van der Waals surface area contributed by atoms with Crippen molar-refractivity contribution in [1.29, 1.82) is 0 Å². The summed E-state index contributed by atoms with van der Waals surface area (Å²) in [6.07, 6.45) is -0.127. The molecule has 1 atom stereocenters. The summed E-state index contributed by atoms with van der Waals surface area (Å²) in [5.74, 6) is 0.670. The highest BCUT2D eigenvalue weighted by atomic mass is 32.2. The molecule has 1 heterocycles. The van der Waals surface area contributed by atoms with Crippen LogP contribution in [0.3, 0.4) is 0 Å². The summed E-state index contributed by atoms with van der Waals surface area (Å²) >= 11 is 0. The molecule has 1 aliphatic rings. The standard InChI is InChI=1S/C13H20N2O4S/c1-10-7-12(3-4-13(10)18-2)20(16,17)15-9-11-8-14-5-6-19-11/h3-4,7,11,14-15H,5-6,8-9H2,1-2H3. The molecule has 6 nitrogen and oxygen atoms in total. The number of aryl methyl sites for hydroxylation is 1. The number of methoxy groups -OCH3 is 1. The summed E-state index contributed by atoms with van der Waals surface area (Å²) in [6.45, 7) is 4.14. The highest BCUT2D eigenvalue weighted by Gasteiger charge is 2.19. The Hall–Kier alpha value is -1.15. The van der Waals surface area contributed by atoms with Crippen LogP contribution in [0.25, 0.3) is 0 Å². The van der Waals surface area contributed by atoms with E-state index in [-0.39, 0.29) is 17.5 Å². The van der Waals surface area contributed by atoms with Gasteiger partial charge in [-0.1, -0.05) is 0 Å². The molecule has 1 aliphatic heterocycles. The first kappa shape index (κ1) is 15.2. The van der Waals surface area contributed by atoms with Crippen molar-refractivity contribution >= 4 is 10.0 Å². The maximum atomic E-state index is 12.2. The van der Waals surface area contributed by atoms with Gasteiger partial charge in [0, 0.05) is 19.6 Å². The molecular formula is C13H20N2O4S. The molecule has 0 spiro atoms. The van der Waals surface area contributed by atoms with E-state index in [1.54, 1.807) is 19.2 Å². The van der Waals surface area contributed by atoms with Crippen LogP contribution in [0.2, 0.25) is 0 Å². The first-order valence-corrected chi connectivity index (χ1v) is 7.98. The van der Waals surface area contributed by atoms with Crippen molar-refractivity contribution in [3.8, 4) is 5.75 Å². The number of ether oxygens (including phenoxy) is 2. The average Bonchev–Trinajstić information content (AvgIpc) is 2.46. The highest BCUT2D eigenvalue weighted by Crippen LogP contribution is 2.21. The van der Waals surface area contributed by atoms with Crippen LogP contribution in [0.15, 0.2) is 23.1 Å². The number of nitrogens with one attached hydrogen (secondary N) is 2. The molecule has 1 aromatic carbocycles. The Morgan fingerprint density at radius 1 is 1.50 bits per heavy atom. The van der Waals surface area contributed by atoms with E-state index in [1.807, 2.05) is 6.92 Å². The normalized spacial score (nSPS) is 19.8. The minimum atomic E-state index is -3.52. The Morgan fingerprint density at radius 2 is 2.30 bits per heavy atom. The predicted octanol–water partition coefficient (Wildman–Crippen LogP) is 0.270. The Morgan fingerprint density at radius 3 is 2.90 bits per heavy atom. The molecule has 112 valence electrons. The maximum absolute atomic E-state index is 12.2. The first-order valence-electron chi connectivity index (χ1n) is 6.49. The Labute approximate surface area is 119 Å². The lowest BCUT2D eigenvalue weighted by molar-refractivity contribution is 0.0324. The van der Waals surface area contributed by atoms with E-state index in [4.69, 9.17) is 9.47 Å². The largest absolute Gasteiger partial charge is 0.496 e. The monoisotopic (exact) mass is 300 g/mol. The lowest BCUT2D eigenvalue weighted by Crippen LogP contribution is -2.45. The van der Waals surface area contributed by atoms with Crippen molar-refractivity contribution in [3.05, 3.63) is 23.8 Å². The topological polar surface area (TPSA) is 76.7 Å². The van der Waals surface area contributed by atoms with Gasteiger partial charge in [0.2, 0.25) is 10.0 Å². The molecule has 1 saturated heterocycles. The molecule has 1 unspecified atom stereocenters. The number of benzene rings is 1. The van der Waals surface area contributed by atoms with Gasteiger partial charge < -0.3 is 14.8 Å². The summed E-state index contributed by atoms with van der Waals surface area (Å²) < 4.78 is 37.6. The third-order valence-electron chi connectivity index (χ3n) is 3.18. The third-order valence-corrected chi connectivity index (χ3v) is 4.60. The predicted molar refractivity (Wildman–Crippen MR) is 75.5 cm³/mol. The Balaban J connectivity index is 2.04. The molecule has 0 radical (unpaired) electrons. The number of morpholine rings is 1. The molecule has 1 fully saturated rings. The van der Waals surface area contributed by atoms with Gasteiger partial charge in [-0.3, -0.25) is 0 Å². The number of hydrogen-bond acceptors (Lipinski definition) is 5. The third kappa shape index (κ3) is 3.69. The zero-order valence-corrected chi connectivity index (χ0v) is 12.5. The van der Waals surface area contributed by atoms with Gasteiger partial charge in [0.15, 0.2) is 0 Å². The van der Waals surface area contributed by atoms with Crippen LogP contribution in [0.1, 0.15) is 5.56 Å². The van der Waals surface area contributed by atoms with Gasteiger partial charge in [-0.15, -0.1) is 0 Å². The van der Waals surface area contributed by atoms with E-state index in [1.165, 1.54) is 6.07 Å². The number of sulfonamides is 1. The molecule has 0 aliphatic carbocycles. The number of hydrogen-bond donors (Lipinski definition) is 2. The van der Waals surface area contributed by atoms with Gasteiger partial charge in [-0.2, -0.15) is 0 Å². The van der Waals surface area contributed by atoms with Gasteiger partial charge in [0.05, 0.1) is 24.7 Å². The SMILES string of the molecule is COc1ccc(S(=O)(=O)NCC2CNCCO2)cc1C. The minimum absolute atomic E-state index is 0.127. The second-order valence-electron chi connectivity index (χ2n) is 4.68. The van der Waals surface area contributed by atoms with Gasteiger partial charge in [0.25, 0.3) is 0 Å². The van der Waals surface area contributed by atoms with Crippen LogP contribution in [-0.4, -0.2) is 47.9 Å². The van der Waals surface area contributed by atoms with Crippen molar-refractivity contribution in [2.75, 3.05) is 33.4 Å². The number of rotatable bonds is 5. The fourth-order valence-electron chi connectivity index (χ4n) is 2.05. The Bertz CT molecular complexity index is 553. The molecule has 0 bridgehead atoms. The van der Waals surface area contributed by atoms with Gasteiger partial charge in [-0.05, 0) is 30.7 Å². The molecule has 0 amide bonds. The summed E-state index contributed by atoms with van der Waals surface area (Å²) in [4.78, 5) is 0.236. The van der Waals surface area contributed by atoms with E-state index in [0.29, 0.717) is 18.9 Å². The molecule has 0 aromatic heterocycles. The zero-order valence-electron chi connectivity index (χ0n) is 11.7. The van der Waals surface area contributed by atoms with Crippen LogP contribution >= 0.6 is 0 Å². The molecule has 7 heteroatoms. The molecule has 1 aromatic rings. The second-order valence-corrected chi connectivity index (χ2v) is 6.45.